The van der Waals surface area contributed by atoms with Gasteiger partial charge in [0, 0.05) is 38.4 Å². The maximum absolute atomic E-state index is 12.1. The van der Waals surface area contributed by atoms with Crippen LogP contribution in [0.2, 0.25) is 0 Å². The van der Waals surface area contributed by atoms with Crippen LogP contribution in [0.1, 0.15) is 27.7 Å². The van der Waals surface area contributed by atoms with E-state index in [2.05, 4.69) is 36.2 Å². The molecule has 1 saturated heterocycles. The van der Waals surface area contributed by atoms with E-state index in [4.69, 9.17) is 4.74 Å². The van der Waals surface area contributed by atoms with Gasteiger partial charge in [0.05, 0.1) is 6.10 Å². The van der Waals surface area contributed by atoms with Crippen LogP contribution < -0.4 is 15.0 Å². The van der Waals surface area contributed by atoms with Gasteiger partial charge in [-0.3, -0.25) is 0 Å². The minimum absolute atomic E-state index is 0.0547. The van der Waals surface area contributed by atoms with Gasteiger partial charge in [-0.25, -0.2) is 4.79 Å². The number of carbonyl (C=O) groups excluding carboxylic acids is 1. The van der Waals surface area contributed by atoms with E-state index in [1.807, 2.05) is 30.9 Å². The fourth-order valence-electron chi connectivity index (χ4n) is 2.58. The molecule has 2 rings (SSSR count). The molecule has 1 N–H and O–H groups in total. The van der Waals surface area contributed by atoms with Gasteiger partial charge < -0.3 is 19.9 Å². The highest BCUT2D eigenvalue weighted by Crippen LogP contribution is 2.21. The van der Waals surface area contributed by atoms with Crippen LogP contribution in [-0.4, -0.2) is 49.8 Å². The average Bonchev–Trinajstić information content (AvgIpc) is 2.53. The van der Waals surface area contributed by atoms with E-state index in [0.29, 0.717) is 5.92 Å². The molecule has 5 nitrogen and oxygen atoms in total. The van der Waals surface area contributed by atoms with E-state index >= 15 is 0 Å². The van der Waals surface area contributed by atoms with Gasteiger partial charge in [0.1, 0.15) is 5.75 Å². The van der Waals surface area contributed by atoms with E-state index in [9.17, 15) is 4.79 Å². The summed E-state index contributed by atoms with van der Waals surface area (Å²) in [7, 11) is 0. The van der Waals surface area contributed by atoms with Crippen LogP contribution >= 0.6 is 0 Å². The van der Waals surface area contributed by atoms with Gasteiger partial charge in [-0.05, 0) is 44.0 Å². The van der Waals surface area contributed by atoms with Crippen molar-refractivity contribution < 1.29 is 9.53 Å². The van der Waals surface area contributed by atoms with Crippen LogP contribution in [0.25, 0.3) is 0 Å². The fraction of sp³-hybridized carbons (Fsp3) is 0.611. The van der Waals surface area contributed by atoms with E-state index in [0.717, 1.165) is 38.5 Å². The number of carbonyl (C=O) groups is 1. The van der Waals surface area contributed by atoms with Crippen LogP contribution in [0.4, 0.5) is 10.5 Å². The van der Waals surface area contributed by atoms with Crippen LogP contribution in [0, 0.1) is 5.92 Å². The number of benzene rings is 1. The number of nitrogens with zero attached hydrogens (tertiary/aromatic N) is 2. The number of ether oxygens (including phenoxy) is 1. The van der Waals surface area contributed by atoms with Crippen LogP contribution in [0.3, 0.4) is 0 Å². The summed E-state index contributed by atoms with van der Waals surface area (Å²) in [6.07, 6.45) is 0.189. The Balaban J connectivity index is 1.83. The largest absolute Gasteiger partial charge is 0.491 e. The number of piperazine rings is 1. The lowest BCUT2D eigenvalue weighted by molar-refractivity contribution is 0.193. The number of hydrogen-bond acceptors (Lipinski definition) is 3. The Morgan fingerprint density at radius 3 is 2.22 bits per heavy atom. The van der Waals surface area contributed by atoms with Crippen molar-refractivity contribution in [2.75, 3.05) is 37.6 Å². The number of amides is 2. The Morgan fingerprint density at radius 1 is 1.09 bits per heavy atom. The molecular formula is C18H29N3O2. The Bertz CT molecular complexity index is 491. The molecule has 1 fully saturated rings. The molecule has 0 radical (unpaired) electrons. The zero-order valence-corrected chi connectivity index (χ0v) is 14.7. The molecule has 1 aromatic carbocycles. The maximum Gasteiger partial charge on any atom is 0.317 e. The van der Waals surface area contributed by atoms with E-state index < -0.39 is 0 Å². The molecule has 1 aliphatic heterocycles. The smallest absolute Gasteiger partial charge is 0.317 e. The molecule has 1 aliphatic rings. The molecule has 0 spiro atoms. The topological polar surface area (TPSA) is 44.8 Å². The summed E-state index contributed by atoms with van der Waals surface area (Å²) in [5.41, 5.74) is 1.18. The predicted molar refractivity (Wildman–Crippen MR) is 94.2 cm³/mol. The molecule has 0 atom stereocenters. The highest BCUT2D eigenvalue weighted by atomic mass is 16.5. The van der Waals surface area contributed by atoms with Crippen molar-refractivity contribution in [2.24, 2.45) is 5.92 Å². The van der Waals surface area contributed by atoms with Crippen LogP contribution in [0.15, 0.2) is 24.3 Å². The summed E-state index contributed by atoms with van der Waals surface area (Å²) in [5, 5.41) is 2.98. The van der Waals surface area contributed by atoms with Crippen molar-refractivity contribution in [3.8, 4) is 5.75 Å². The molecule has 1 aromatic rings. The lowest BCUT2D eigenvalue weighted by Crippen LogP contribution is -2.52. The molecule has 128 valence electrons. The number of urea groups is 1. The summed E-state index contributed by atoms with van der Waals surface area (Å²) in [5.74, 6) is 1.38. The quantitative estimate of drug-likeness (QED) is 0.907. The van der Waals surface area contributed by atoms with E-state index in [1.54, 1.807) is 0 Å². The first-order valence-electron chi connectivity index (χ1n) is 8.50. The molecule has 2 amide bonds. The minimum atomic E-state index is 0.0547. The first-order valence-corrected chi connectivity index (χ1v) is 8.50. The zero-order valence-electron chi connectivity index (χ0n) is 14.7. The molecule has 0 unspecified atom stereocenters. The van der Waals surface area contributed by atoms with Crippen molar-refractivity contribution >= 4 is 11.7 Å². The minimum Gasteiger partial charge on any atom is -0.491 e. The second kappa shape index (κ2) is 8.09. The first kappa shape index (κ1) is 17.4. The Hall–Kier alpha value is -1.91. The third-order valence-electron chi connectivity index (χ3n) is 3.80. The summed E-state index contributed by atoms with van der Waals surface area (Å²) < 4.78 is 5.67. The lowest BCUT2D eigenvalue weighted by atomic mass is 10.2. The Kier molecular flexibility index (Phi) is 6.13. The predicted octanol–water partition coefficient (Wildman–Crippen LogP) is 2.96. The normalized spacial score (nSPS) is 15.2. The lowest BCUT2D eigenvalue weighted by Gasteiger charge is -2.36. The van der Waals surface area contributed by atoms with Crippen LogP contribution in [0.5, 0.6) is 5.75 Å². The van der Waals surface area contributed by atoms with Crippen molar-refractivity contribution in [1.82, 2.24) is 10.2 Å². The highest BCUT2D eigenvalue weighted by Gasteiger charge is 2.21. The highest BCUT2D eigenvalue weighted by molar-refractivity contribution is 5.74. The third kappa shape index (κ3) is 5.34. The van der Waals surface area contributed by atoms with Gasteiger partial charge in [0.25, 0.3) is 0 Å². The monoisotopic (exact) mass is 319 g/mol. The van der Waals surface area contributed by atoms with Crippen molar-refractivity contribution in [2.45, 2.75) is 33.8 Å². The standard InChI is InChI=1S/C18H29N3O2/c1-14(2)13-19-18(22)21-11-9-20(10-12-21)16-5-7-17(8-6-16)23-15(3)4/h5-8,14-15H,9-13H2,1-4H3,(H,19,22). The van der Waals surface area contributed by atoms with Gasteiger partial charge >= 0.3 is 6.03 Å². The first-order chi connectivity index (χ1) is 11.0. The summed E-state index contributed by atoms with van der Waals surface area (Å²) >= 11 is 0. The summed E-state index contributed by atoms with van der Waals surface area (Å²) in [6.45, 7) is 12.2. The SMILES string of the molecule is CC(C)CNC(=O)N1CCN(c2ccc(OC(C)C)cc2)CC1. The second-order valence-electron chi connectivity index (χ2n) is 6.71. The molecule has 0 aliphatic carbocycles. The molecule has 0 saturated carbocycles. The maximum atomic E-state index is 12.1. The number of anilines is 1. The van der Waals surface area contributed by atoms with Crippen LogP contribution in [-0.2, 0) is 0 Å². The summed E-state index contributed by atoms with van der Waals surface area (Å²) in [6, 6.07) is 8.26. The molecule has 0 aromatic heterocycles. The van der Waals surface area contributed by atoms with Crippen molar-refractivity contribution in [3.05, 3.63) is 24.3 Å². The van der Waals surface area contributed by atoms with Gasteiger partial charge in [-0.2, -0.15) is 0 Å². The molecular weight excluding hydrogens is 290 g/mol. The number of nitrogens with one attached hydrogen (secondary N) is 1. The van der Waals surface area contributed by atoms with Gasteiger partial charge in [-0.1, -0.05) is 13.8 Å². The zero-order chi connectivity index (χ0) is 16.8. The van der Waals surface area contributed by atoms with E-state index in [1.165, 1.54) is 5.69 Å². The van der Waals surface area contributed by atoms with Gasteiger partial charge in [-0.15, -0.1) is 0 Å². The molecule has 5 heteroatoms. The number of rotatable bonds is 5. The van der Waals surface area contributed by atoms with Crippen molar-refractivity contribution in [3.63, 3.8) is 0 Å². The van der Waals surface area contributed by atoms with Gasteiger partial charge in [0.2, 0.25) is 0 Å². The number of hydrogen-bond donors (Lipinski definition) is 1. The Labute approximate surface area is 139 Å². The summed E-state index contributed by atoms with van der Waals surface area (Å²) in [4.78, 5) is 16.3. The average molecular weight is 319 g/mol. The third-order valence-corrected chi connectivity index (χ3v) is 3.80. The van der Waals surface area contributed by atoms with E-state index in [-0.39, 0.29) is 12.1 Å². The molecule has 23 heavy (non-hydrogen) atoms. The van der Waals surface area contributed by atoms with Gasteiger partial charge in [0.15, 0.2) is 0 Å². The molecule has 0 bridgehead atoms. The second-order valence-corrected chi connectivity index (χ2v) is 6.71. The fourth-order valence-corrected chi connectivity index (χ4v) is 2.58. The molecule has 1 heterocycles. The van der Waals surface area contributed by atoms with Crippen molar-refractivity contribution in [1.29, 1.82) is 0 Å². The Morgan fingerprint density at radius 2 is 1.70 bits per heavy atom.